The number of carbonyl (C=O) groups excluding carboxylic acids is 1. The molecule has 1 amide bonds. The molecule has 9 heteroatoms. The van der Waals surface area contributed by atoms with Crippen LogP contribution < -0.4 is 15.0 Å². The maximum absolute atomic E-state index is 12.4. The van der Waals surface area contributed by atoms with Gasteiger partial charge in [-0.3, -0.25) is 4.79 Å². The fourth-order valence-electron chi connectivity index (χ4n) is 2.71. The van der Waals surface area contributed by atoms with Crippen molar-refractivity contribution < 1.29 is 9.53 Å². The molecule has 0 saturated carbocycles. The Bertz CT molecular complexity index is 890. The van der Waals surface area contributed by atoms with E-state index in [0.717, 1.165) is 17.3 Å². The van der Waals surface area contributed by atoms with Crippen LogP contribution in [0, 0.1) is 5.92 Å². The number of ether oxygens (including phenoxy) is 1. The number of benzene rings is 1. The largest absolute Gasteiger partial charge is 0.497 e. The van der Waals surface area contributed by atoms with Gasteiger partial charge in [0.15, 0.2) is 5.82 Å². The normalized spacial score (nSPS) is 14.0. The number of hydrogen-bond donors (Lipinski definition) is 1. The van der Waals surface area contributed by atoms with Gasteiger partial charge in [0.1, 0.15) is 30.5 Å². The van der Waals surface area contributed by atoms with E-state index in [4.69, 9.17) is 4.74 Å². The van der Waals surface area contributed by atoms with Gasteiger partial charge in [-0.1, -0.05) is 0 Å². The van der Waals surface area contributed by atoms with Gasteiger partial charge < -0.3 is 15.0 Å². The lowest BCUT2D eigenvalue weighted by atomic mass is 9.99. The van der Waals surface area contributed by atoms with Crippen LogP contribution in [-0.4, -0.2) is 50.8 Å². The molecule has 3 heterocycles. The summed E-state index contributed by atoms with van der Waals surface area (Å²) in [5.74, 6) is 2.07. The number of rotatable bonds is 5. The van der Waals surface area contributed by atoms with Gasteiger partial charge in [-0.05, 0) is 24.3 Å². The first kappa shape index (κ1) is 16.0. The minimum Gasteiger partial charge on any atom is -0.497 e. The highest BCUT2D eigenvalue weighted by molar-refractivity contribution is 5.94. The zero-order valence-electron chi connectivity index (χ0n) is 14.1. The Morgan fingerprint density at radius 3 is 2.62 bits per heavy atom. The molecule has 1 saturated heterocycles. The van der Waals surface area contributed by atoms with Crippen molar-refractivity contribution in [3.05, 3.63) is 49.3 Å². The van der Waals surface area contributed by atoms with Gasteiger partial charge in [0.05, 0.1) is 13.0 Å². The molecule has 0 atom stereocenters. The Kier molecular flexibility index (Phi) is 4.18. The van der Waals surface area contributed by atoms with Gasteiger partial charge in [0, 0.05) is 24.8 Å². The lowest BCUT2D eigenvalue weighted by Gasteiger charge is -2.39. The number of amides is 1. The summed E-state index contributed by atoms with van der Waals surface area (Å²) in [6, 6.07) is 9.10. The standard InChI is InChI=1S/C17H17N7O2/c1-26-14-4-2-13(3-5-14)22-17(25)12-7-23(8-12)15-6-16(20-10-19-15)24-11-18-9-21-24/h2-6,9-12H,7-8H2,1H3,(H,22,25). The van der Waals surface area contributed by atoms with Crippen LogP contribution in [0.4, 0.5) is 11.5 Å². The summed E-state index contributed by atoms with van der Waals surface area (Å²) in [4.78, 5) is 26.7. The Balaban J connectivity index is 1.36. The minimum atomic E-state index is -0.0816. The monoisotopic (exact) mass is 351 g/mol. The van der Waals surface area contributed by atoms with E-state index in [2.05, 4.69) is 25.4 Å². The van der Waals surface area contributed by atoms with E-state index in [0.29, 0.717) is 18.9 Å². The highest BCUT2D eigenvalue weighted by atomic mass is 16.5. The van der Waals surface area contributed by atoms with Crippen LogP contribution in [0.2, 0.25) is 0 Å². The molecule has 1 aliphatic rings. The molecular weight excluding hydrogens is 334 g/mol. The molecule has 3 aromatic rings. The second kappa shape index (κ2) is 6.79. The number of methoxy groups -OCH3 is 1. The molecule has 0 bridgehead atoms. The molecule has 132 valence electrons. The second-order valence-electron chi connectivity index (χ2n) is 5.89. The van der Waals surface area contributed by atoms with Gasteiger partial charge in [0.25, 0.3) is 0 Å². The summed E-state index contributed by atoms with van der Waals surface area (Å²) < 4.78 is 6.68. The summed E-state index contributed by atoms with van der Waals surface area (Å²) in [6.45, 7) is 1.21. The van der Waals surface area contributed by atoms with E-state index in [1.165, 1.54) is 12.7 Å². The first-order valence-corrected chi connectivity index (χ1v) is 8.10. The van der Waals surface area contributed by atoms with Crippen molar-refractivity contribution in [2.75, 3.05) is 30.4 Å². The van der Waals surface area contributed by atoms with Crippen LogP contribution in [-0.2, 0) is 4.79 Å². The van der Waals surface area contributed by atoms with Gasteiger partial charge in [-0.25, -0.2) is 19.6 Å². The Labute approximate surface area is 149 Å². The van der Waals surface area contributed by atoms with E-state index in [1.807, 2.05) is 35.2 Å². The molecule has 4 rings (SSSR count). The third-order valence-electron chi connectivity index (χ3n) is 4.23. The van der Waals surface area contributed by atoms with E-state index in [-0.39, 0.29) is 11.8 Å². The molecule has 1 fully saturated rings. The highest BCUT2D eigenvalue weighted by Crippen LogP contribution is 2.25. The van der Waals surface area contributed by atoms with Crippen LogP contribution in [0.3, 0.4) is 0 Å². The fraction of sp³-hybridized carbons (Fsp3) is 0.235. The Morgan fingerprint density at radius 2 is 1.92 bits per heavy atom. The number of hydrogen-bond acceptors (Lipinski definition) is 7. The van der Waals surface area contributed by atoms with E-state index < -0.39 is 0 Å². The van der Waals surface area contributed by atoms with E-state index in [9.17, 15) is 4.79 Å². The van der Waals surface area contributed by atoms with E-state index in [1.54, 1.807) is 18.1 Å². The number of aromatic nitrogens is 5. The van der Waals surface area contributed by atoms with Crippen LogP contribution in [0.5, 0.6) is 5.75 Å². The molecule has 0 radical (unpaired) electrons. The molecule has 2 aromatic heterocycles. The van der Waals surface area contributed by atoms with Crippen molar-refractivity contribution in [1.82, 2.24) is 24.7 Å². The quantitative estimate of drug-likeness (QED) is 0.736. The van der Waals surface area contributed by atoms with Crippen molar-refractivity contribution in [3.63, 3.8) is 0 Å². The van der Waals surface area contributed by atoms with Gasteiger partial charge in [-0.15, -0.1) is 0 Å². The first-order valence-electron chi connectivity index (χ1n) is 8.10. The van der Waals surface area contributed by atoms with Crippen molar-refractivity contribution >= 4 is 17.4 Å². The molecule has 1 N–H and O–H groups in total. The molecule has 9 nitrogen and oxygen atoms in total. The van der Waals surface area contributed by atoms with Crippen LogP contribution in [0.1, 0.15) is 0 Å². The predicted molar refractivity (Wildman–Crippen MR) is 94.3 cm³/mol. The summed E-state index contributed by atoms with van der Waals surface area (Å²) >= 11 is 0. The number of nitrogens with one attached hydrogen (secondary N) is 1. The number of carbonyl (C=O) groups is 1. The second-order valence-corrected chi connectivity index (χ2v) is 5.89. The summed E-state index contributed by atoms with van der Waals surface area (Å²) in [5.41, 5.74) is 0.754. The predicted octanol–water partition coefficient (Wildman–Crippen LogP) is 1.14. The average Bonchev–Trinajstić information content (AvgIpc) is 3.16. The molecule has 26 heavy (non-hydrogen) atoms. The van der Waals surface area contributed by atoms with Crippen molar-refractivity contribution in [2.45, 2.75) is 0 Å². The maximum atomic E-state index is 12.4. The maximum Gasteiger partial charge on any atom is 0.231 e. The molecule has 0 aliphatic carbocycles. The van der Waals surface area contributed by atoms with Gasteiger partial charge in [-0.2, -0.15) is 5.10 Å². The molecule has 1 aliphatic heterocycles. The third-order valence-corrected chi connectivity index (χ3v) is 4.23. The van der Waals surface area contributed by atoms with Crippen LogP contribution >= 0.6 is 0 Å². The zero-order chi connectivity index (χ0) is 17.9. The van der Waals surface area contributed by atoms with Crippen LogP contribution in [0.15, 0.2) is 49.3 Å². The molecular formula is C17H17N7O2. The Hall–Kier alpha value is -3.49. The lowest BCUT2D eigenvalue weighted by molar-refractivity contribution is -0.120. The Morgan fingerprint density at radius 1 is 1.15 bits per heavy atom. The minimum absolute atomic E-state index is 0.00280. The summed E-state index contributed by atoms with van der Waals surface area (Å²) in [6.07, 6.45) is 4.51. The molecule has 0 spiro atoms. The fourth-order valence-corrected chi connectivity index (χ4v) is 2.71. The smallest absolute Gasteiger partial charge is 0.231 e. The molecule has 0 unspecified atom stereocenters. The number of nitrogens with zero attached hydrogens (tertiary/aromatic N) is 6. The van der Waals surface area contributed by atoms with E-state index >= 15 is 0 Å². The summed E-state index contributed by atoms with van der Waals surface area (Å²) in [7, 11) is 1.61. The third kappa shape index (κ3) is 3.18. The molecule has 1 aromatic carbocycles. The summed E-state index contributed by atoms with van der Waals surface area (Å²) in [5, 5.41) is 6.98. The lowest BCUT2D eigenvalue weighted by Crippen LogP contribution is -2.52. The van der Waals surface area contributed by atoms with Crippen molar-refractivity contribution in [2.24, 2.45) is 5.92 Å². The van der Waals surface area contributed by atoms with Crippen LogP contribution in [0.25, 0.3) is 5.82 Å². The topological polar surface area (TPSA) is 98.1 Å². The SMILES string of the molecule is COc1ccc(NC(=O)C2CN(c3cc(-n4cncn4)ncn3)C2)cc1. The van der Waals surface area contributed by atoms with Crippen molar-refractivity contribution in [3.8, 4) is 11.6 Å². The van der Waals surface area contributed by atoms with Gasteiger partial charge >= 0.3 is 0 Å². The first-order chi connectivity index (χ1) is 12.7. The number of anilines is 2. The average molecular weight is 351 g/mol. The highest BCUT2D eigenvalue weighted by Gasteiger charge is 2.33. The van der Waals surface area contributed by atoms with Crippen molar-refractivity contribution in [1.29, 1.82) is 0 Å². The van der Waals surface area contributed by atoms with Gasteiger partial charge in [0.2, 0.25) is 5.91 Å². The zero-order valence-corrected chi connectivity index (χ0v) is 14.1.